The zero-order valence-electron chi connectivity index (χ0n) is 9.59. The van der Waals surface area contributed by atoms with Crippen LogP contribution in [-0.4, -0.2) is 15.1 Å². The lowest BCUT2D eigenvalue weighted by Gasteiger charge is -1.93. The van der Waals surface area contributed by atoms with Crippen molar-refractivity contribution in [3.05, 3.63) is 47.1 Å². The highest BCUT2D eigenvalue weighted by molar-refractivity contribution is 6.30. The Kier molecular flexibility index (Phi) is 2.78. The van der Waals surface area contributed by atoms with E-state index in [4.69, 9.17) is 21.4 Å². The van der Waals surface area contributed by atoms with Crippen LogP contribution in [0.5, 0.6) is 0 Å². The molecule has 0 saturated heterocycles. The van der Waals surface area contributed by atoms with Gasteiger partial charge >= 0.3 is 0 Å². The molecule has 0 atom stereocenters. The fraction of sp³-hybridized carbons (Fsp3) is 0. The first-order valence-electron chi connectivity index (χ1n) is 5.45. The van der Waals surface area contributed by atoms with Gasteiger partial charge in [-0.2, -0.15) is 10.2 Å². The van der Waals surface area contributed by atoms with Gasteiger partial charge in [0.1, 0.15) is 11.8 Å². The Morgan fingerprint density at radius 2 is 2.21 bits per heavy atom. The first-order valence-corrected chi connectivity index (χ1v) is 5.82. The molecule has 0 unspecified atom stereocenters. The summed E-state index contributed by atoms with van der Waals surface area (Å²) < 4.78 is 5.16. The average molecular weight is 271 g/mol. The minimum absolute atomic E-state index is 0.330. The van der Waals surface area contributed by atoms with Crippen LogP contribution in [0.15, 0.2) is 41.1 Å². The van der Waals surface area contributed by atoms with Gasteiger partial charge in [0.2, 0.25) is 5.82 Å². The van der Waals surface area contributed by atoms with Gasteiger partial charge in [-0.25, -0.2) is 0 Å². The number of aromatic nitrogens is 3. The normalized spacial score (nSPS) is 10.3. The Balaban J connectivity index is 1.97. The fourth-order valence-corrected chi connectivity index (χ4v) is 1.85. The number of halogens is 1. The predicted octanol–water partition coefficient (Wildman–Crippen LogP) is 3.26. The number of hydrogen-bond donors (Lipinski definition) is 1. The van der Waals surface area contributed by atoms with E-state index in [1.54, 1.807) is 24.4 Å². The fourth-order valence-electron chi connectivity index (χ4n) is 1.66. The van der Waals surface area contributed by atoms with Gasteiger partial charge in [-0.1, -0.05) is 28.9 Å². The number of benzene rings is 1. The maximum Gasteiger partial charge on any atom is 0.274 e. The van der Waals surface area contributed by atoms with Crippen LogP contribution >= 0.6 is 11.6 Å². The molecule has 0 aliphatic rings. The van der Waals surface area contributed by atoms with E-state index in [0.717, 1.165) is 5.56 Å². The van der Waals surface area contributed by atoms with Crippen LogP contribution in [0.1, 0.15) is 5.56 Å². The second-order valence-electron chi connectivity index (χ2n) is 3.85. The second-order valence-corrected chi connectivity index (χ2v) is 4.28. The highest BCUT2D eigenvalue weighted by Gasteiger charge is 2.12. The minimum atomic E-state index is 0.330. The molecule has 0 fully saturated rings. The molecule has 0 amide bonds. The Morgan fingerprint density at radius 1 is 1.32 bits per heavy atom. The van der Waals surface area contributed by atoms with Crippen molar-refractivity contribution in [1.82, 2.24) is 15.1 Å². The van der Waals surface area contributed by atoms with E-state index in [1.807, 2.05) is 18.2 Å². The molecule has 0 radical (unpaired) electrons. The van der Waals surface area contributed by atoms with Gasteiger partial charge < -0.3 is 9.51 Å². The van der Waals surface area contributed by atoms with Crippen LogP contribution in [0.25, 0.3) is 23.0 Å². The maximum atomic E-state index is 8.76. The Morgan fingerprint density at radius 3 is 2.95 bits per heavy atom. The summed E-state index contributed by atoms with van der Waals surface area (Å²) in [5, 5.41) is 13.3. The van der Waals surface area contributed by atoms with E-state index < -0.39 is 0 Å². The summed E-state index contributed by atoms with van der Waals surface area (Å²) >= 11 is 5.91. The summed E-state index contributed by atoms with van der Waals surface area (Å²) in [6.45, 7) is 0. The highest BCUT2D eigenvalue weighted by Crippen LogP contribution is 2.23. The molecule has 0 saturated carbocycles. The maximum absolute atomic E-state index is 8.76. The molecule has 2 aromatic heterocycles. The van der Waals surface area contributed by atoms with Gasteiger partial charge in [-0.05, 0) is 18.2 Å². The van der Waals surface area contributed by atoms with Crippen molar-refractivity contribution in [2.45, 2.75) is 0 Å². The largest absolute Gasteiger partial charge is 0.356 e. The topological polar surface area (TPSA) is 78.5 Å². The summed E-state index contributed by atoms with van der Waals surface area (Å²) in [5.41, 5.74) is 1.89. The van der Waals surface area contributed by atoms with Crippen LogP contribution in [0.4, 0.5) is 0 Å². The molecular weight excluding hydrogens is 264 g/mol. The second kappa shape index (κ2) is 4.59. The third-order valence-corrected chi connectivity index (χ3v) is 2.79. The molecular formula is C13H7ClN4O. The highest BCUT2D eigenvalue weighted by atomic mass is 35.5. The Hall–Kier alpha value is -2.58. The quantitative estimate of drug-likeness (QED) is 0.775. The molecule has 6 heteroatoms. The third-order valence-electron chi connectivity index (χ3n) is 2.55. The summed E-state index contributed by atoms with van der Waals surface area (Å²) in [5.74, 6) is 0.780. The standard InChI is InChI=1S/C13H7ClN4O/c14-10-3-1-2-9(5-10)12-17-13(19-18-12)11-4-8(6-15)7-16-11/h1-5,7,16H. The number of nitrogens with zero attached hydrogens (tertiary/aromatic N) is 3. The van der Waals surface area contributed by atoms with Crippen molar-refractivity contribution >= 4 is 11.6 Å². The first-order chi connectivity index (χ1) is 9.26. The van der Waals surface area contributed by atoms with Gasteiger partial charge in [0.15, 0.2) is 0 Å². The van der Waals surface area contributed by atoms with Crippen molar-refractivity contribution in [3.63, 3.8) is 0 Å². The molecule has 3 aromatic rings. The first kappa shape index (κ1) is 11.5. The summed E-state index contributed by atoms with van der Waals surface area (Å²) in [4.78, 5) is 7.17. The average Bonchev–Trinajstić information content (AvgIpc) is 3.07. The van der Waals surface area contributed by atoms with Gasteiger partial charge in [-0.3, -0.25) is 0 Å². The smallest absolute Gasteiger partial charge is 0.274 e. The number of nitriles is 1. The van der Waals surface area contributed by atoms with Crippen LogP contribution in [0, 0.1) is 11.3 Å². The molecule has 0 spiro atoms. The molecule has 92 valence electrons. The predicted molar refractivity (Wildman–Crippen MR) is 69.2 cm³/mol. The molecule has 19 heavy (non-hydrogen) atoms. The molecule has 3 rings (SSSR count). The number of aromatic amines is 1. The van der Waals surface area contributed by atoms with E-state index in [0.29, 0.717) is 28.0 Å². The summed E-state index contributed by atoms with van der Waals surface area (Å²) in [6, 6.07) is 10.9. The number of H-pyrrole nitrogens is 1. The van der Waals surface area contributed by atoms with E-state index in [1.165, 1.54) is 0 Å². The molecule has 0 bridgehead atoms. The van der Waals surface area contributed by atoms with Crippen molar-refractivity contribution in [2.24, 2.45) is 0 Å². The van der Waals surface area contributed by atoms with E-state index in [2.05, 4.69) is 15.1 Å². The molecule has 0 aliphatic heterocycles. The van der Waals surface area contributed by atoms with Crippen LogP contribution in [-0.2, 0) is 0 Å². The molecule has 1 aromatic carbocycles. The molecule has 0 aliphatic carbocycles. The molecule has 5 nitrogen and oxygen atoms in total. The summed E-state index contributed by atoms with van der Waals surface area (Å²) in [7, 11) is 0. The summed E-state index contributed by atoms with van der Waals surface area (Å²) in [6.07, 6.45) is 1.58. The van der Waals surface area contributed by atoms with E-state index >= 15 is 0 Å². The monoisotopic (exact) mass is 270 g/mol. The van der Waals surface area contributed by atoms with Crippen LogP contribution < -0.4 is 0 Å². The van der Waals surface area contributed by atoms with Gasteiger partial charge in [0.05, 0.1) is 5.56 Å². The zero-order chi connectivity index (χ0) is 13.2. The Bertz CT molecular complexity index is 769. The van der Waals surface area contributed by atoms with Crippen LogP contribution in [0.2, 0.25) is 5.02 Å². The van der Waals surface area contributed by atoms with Crippen molar-refractivity contribution in [1.29, 1.82) is 5.26 Å². The van der Waals surface area contributed by atoms with E-state index in [9.17, 15) is 0 Å². The van der Waals surface area contributed by atoms with Gasteiger partial charge in [0, 0.05) is 16.8 Å². The lowest BCUT2D eigenvalue weighted by atomic mass is 10.2. The lowest BCUT2D eigenvalue weighted by molar-refractivity contribution is 0.431. The van der Waals surface area contributed by atoms with E-state index in [-0.39, 0.29) is 0 Å². The third kappa shape index (κ3) is 2.21. The van der Waals surface area contributed by atoms with Gasteiger partial charge in [0.25, 0.3) is 5.89 Å². The van der Waals surface area contributed by atoms with Gasteiger partial charge in [-0.15, -0.1) is 0 Å². The number of hydrogen-bond acceptors (Lipinski definition) is 4. The molecule has 1 N–H and O–H groups in total. The lowest BCUT2D eigenvalue weighted by Crippen LogP contribution is -1.81. The Labute approximate surface area is 113 Å². The molecule has 2 heterocycles. The number of nitrogens with one attached hydrogen (secondary N) is 1. The SMILES string of the molecule is N#Cc1c[nH]c(-c2nc(-c3cccc(Cl)c3)no2)c1. The van der Waals surface area contributed by atoms with Crippen molar-refractivity contribution in [3.8, 4) is 29.0 Å². The zero-order valence-corrected chi connectivity index (χ0v) is 10.3. The van der Waals surface area contributed by atoms with Crippen molar-refractivity contribution < 1.29 is 4.52 Å². The van der Waals surface area contributed by atoms with Crippen molar-refractivity contribution in [2.75, 3.05) is 0 Å². The number of rotatable bonds is 2. The minimum Gasteiger partial charge on any atom is -0.356 e. The van der Waals surface area contributed by atoms with Crippen LogP contribution in [0.3, 0.4) is 0 Å².